The van der Waals surface area contributed by atoms with Crippen LogP contribution in [0.25, 0.3) is 10.4 Å². The van der Waals surface area contributed by atoms with Gasteiger partial charge in [0.2, 0.25) is 0 Å². The molecule has 0 saturated carbocycles. The van der Waals surface area contributed by atoms with Crippen LogP contribution in [0.3, 0.4) is 0 Å². The zero-order chi connectivity index (χ0) is 16.2. The van der Waals surface area contributed by atoms with E-state index in [2.05, 4.69) is 4.98 Å². The van der Waals surface area contributed by atoms with Crippen LogP contribution < -0.4 is 4.74 Å². The van der Waals surface area contributed by atoms with E-state index in [9.17, 15) is 9.18 Å². The first-order chi connectivity index (χ1) is 11.1. The molecule has 3 rings (SSSR count). The van der Waals surface area contributed by atoms with Crippen molar-refractivity contribution in [3.8, 4) is 16.3 Å². The summed E-state index contributed by atoms with van der Waals surface area (Å²) < 4.78 is 24.5. The Kier molecular flexibility index (Phi) is 7.01. The summed E-state index contributed by atoms with van der Waals surface area (Å²) in [6.07, 6.45) is 2.90. The van der Waals surface area contributed by atoms with E-state index in [0.29, 0.717) is 21.9 Å². The number of aryl methyl sites for hydroxylation is 1. The van der Waals surface area contributed by atoms with Gasteiger partial charge in [-0.2, -0.15) is 4.98 Å². The van der Waals surface area contributed by atoms with E-state index < -0.39 is 5.97 Å². The second kappa shape index (κ2) is 8.78. The molecule has 0 saturated heterocycles. The van der Waals surface area contributed by atoms with Crippen LogP contribution in [0.4, 0.5) is 4.39 Å². The van der Waals surface area contributed by atoms with Gasteiger partial charge in [0.25, 0.3) is 5.88 Å². The average Bonchev–Trinajstić information content (AvgIpc) is 3.17. The quantitative estimate of drug-likeness (QED) is 0.498. The summed E-state index contributed by atoms with van der Waals surface area (Å²) in [7, 11) is 0. The summed E-state index contributed by atoms with van der Waals surface area (Å²) in [4.78, 5) is 16.1. The Morgan fingerprint density at radius 3 is 2.79 bits per heavy atom. The van der Waals surface area contributed by atoms with E-state index in [-0.39, 0.29) is 47.7 Å². The molecule has 120 valence electrons. The first-order valence-corrected chi connectivity index (χ1v) is 7.94. The van der Waals surface area contributed by atoms with Crippen LogP contribution in [0.5, 0.6) is 5.88 Å². The molecule has 0 bridgehead atoms. The predicted molar refractivity (Wildman–Crippen MR) is 92.3 cm³/mol. The Morgan fingerprint density at radius 2 is 2.17 bits per heavy atom. The van der Waals surface area contributed by atoms with Crippen molar-refractivity contribution < 1.29 is 18.3 Å². The molecule has 2 aromatic heterocycles. The number of oxazole rings is 1. The zero-order valence-corrected chi connectivity index (χ0v) is 13.4. The maximum atomic E-state index is 14.2. The third kappa shape index (κ3) is 4.91. The molecule has 0 spiro atoms. The molecule has 8 heteroatoms. The summed E-state index contributed by atoms with van der Waals surface area (Å²) >= 11 is 7.19. The number of esters is 1. The fourth-order valence-corrected chi connectivity index (χ4v) is 3.11. The molecule has 4 nitrogen and oxygen atoms in total. The maximum absolute atomic E-state index is 14.2. The standard InChI is InChI=1S/C16H11ClFNO3S.Na.H/c17-14-5-4-13(23-14)11-3-1-10(7-12(11)18)2-6-16(20)22-15-8-21-9-19-15;;/h1,3-5,7-9H,2,6H2;;. The summed E-state index contributed by atoms with van der Waals surface area (Å²) in [5, 5.41) is 0. The molecule has 0 atom stereocenters. The predicted octanol–water partition coefficient (Wildman–Crippen LogP) is 4.09. The molecular weight excluding hydrogens is 364 g/mol. The van der Waals surface area contributed by atoms with Crippen LogP contribution in [0.1, 0.15) is 12.0 Å². The van der Waals surface area contributed by atoms with Gasteiger partial charge in [0.05, 0.1) is 10.8 Å². The van der Waals surface area contributed by atoms with Crippen molar-refractivity contribution in [2.24, 2.45) is 0 Å². The van der Waals surface area contributed by atoms with Crippen LogP contribution in [-0.4, -0.2) is 40.5 Å². The molecule has 0 N–H and O–H groups in total. The second-order valence-corrected chi connectivity index (χ2v) is 6.43. The Morgan fingerprint density at radius 1 is 1.33 bits per heavy atom. The number of carbonyl (C=O) groups is 1. The van der Waals surface area contributed by atoms with E-state index in [1.807, 2.05) is 0 Å². The fraction of sp³-hybridized carbons (Fsp3) is 0.125. The van der Waals surface area contributed by atoms with Crippen molar-refractivity contribution in [3.63, 3.8) is 0 Å². The van der Waals surface area contributed by atoms with Crippen molar-refractivity contribution in [1.82, 2.24) is 4.98 Å². The number of ether oxygens (including phenoxy) is 1. The first-order valence-electron chi connectivity index (χ1n) is 6.75. The third-order valence-electron chi connectivity index (χ3n) is 3.12. The number of thiophene rings is 1. The molecule has 0 amide bonds. The molecule has 3 aromatic rings. The SMILES string of the molecule is O=C(CCc1ccc(-c2ccc(Cl)s2)c(F)c1)Oc1cocn1.[NaH]. The molecule has 0 unspecified atom stereocenters. The van der Waals surface area contributed by atoms with Gasteiger partial charge in [0.1, 0.15) is 5.82 Å². The van der Waals surface area contributed by atoms with Gasteiger partial charge in [-0.15, -0.1) is 11.3 Å². The van der Waals surface area contributed by atoms with E-state index in [1.165, 1.54) is 30.1 Å². The molecule has 0 radical (unpaired) electrons. The van der Waals surface area contributed by atoms with Gasteiger partial charge in [0, 0.05) is 10.4 Å². The van der Waals surface area contributed by atoms with E-state index in [4.69, 9.17) is 20.8 Å². The van der Waals surface area contributed by atoms with Crippen LogP contribution in [0.2, 0.25) is 4.34 Å². The van der Waals surface area contributed by atoms with Crippen molar-refractivity contribution in [3.05, 3.63) is 58.7 Å². The van der Waals surface area contributed by atoms with Gasteiger partial charge in [-0.25, -0.2) is 4.39 Å². The van der Waals surface area contributed by atoms with Gasteiger partial charge < -0.3 is 9.15 Å². The van der Waals surface area contributed by atoms with E-state index in [0.717, 1.165) is 4.88 Å². The molecule has 0 aliphatic rings. The first kappa shape index (κ1) is 19.1. The van der Waals surface area contributed by atoms with Crippen molar-refractivity contribution in [2.75, 3.05) is 0 Å². The van der Waals surface area contributed by atoms with Gasteiger partial charge in [-0.1, -0.05) is 23.7 Å². The molecule has 24 heavy (non-hydrogen) atoms. The zero-order valence-electron chi connectivity index (χ0n) is 11.8. The monoisotopic (exact) mass is 375 g/mol. The molecule has 1 aromatic carbocycles. The number of halogens is 2. The van der Waals surface area contributed by atoms with Crippen LogP contribution >= 0.6 is 22.9 Å². The number of carbonyl (C=O) groups excluding carboxylic acids is 1. The molecule has 0 aliphatic heterocycles. The van der Waals surface area contributed by atoms with Gasteiger partial charge in [-0.05, 0) is 30.2 Å². The van der Waals surface area contributed by atoms with Crippen molar-refractivity contribution >= 4 is 58.5 Å². The van der Waals surface area contributed by atoms with Crippen LogP contribution in [-0.2, 0) is 11.2 Å². The third-order valence-corrected chi connectivity index (χ3v) is 4.38. The Labute approximate surface area is 168 Å². The number of aromatic nitrogens is 1. The number of nitrogens with zero attached hydrogens (tertiary/aromatic N) is 1. The minimum atomic E-state index is -0.451. The van der Waals surface area contributed by atoms with Crippen LogP contribution in [0.15, 0.2) is 47.4 Å². The Bertz CT molecular complexity index is 823. The normalized spacial score (nSPS) is 10.2. The summed E-state index contributed by atoms with van der Waals surface area (Å²) in [6, 6.07) is 8.41. The van der Waals surface area contributed by atoms with Gasteiger partial charge in [0.15, 0.2) is 12.7 Å². The minimum absolute atomic E-state index is 0. The average molecular weight is 376 g/mol. The van der Waals surface area contributed by atoms with Crippen molar-refractivity contribution in [2.45, 2.75) is 12.8 Å². The molecular formula is C16H12ClFNNaO3S. The van der Waals surface area contributed by atoms with Crippen LogP contribution in [0, 0.1) is 5.82 Å². The molecule has 0 fully saturated rings. The number of hydrogen-bond acceptors (Lipinski definition) is 5. The van der Waals surface area contributed by atoms with Crippen molar-refractivity contribution in [1.29, 1.82) is 0 Å². The van der Waals surface area contributed by atoms with E-state index >= 15 is 0 Å². The fourth-order valence-electron chi connectivity index (χ4n) is 2.04. The Hall–Kier alpha value is -1.18. The number of hydrogen-bond donors (Lipinski definition) is 0. The summed E-state index contributed by atoms with van der Waals surface area (Å²) in [6.45, 7) is 0. The number of benzene rings is 1. The summed E-state index contributed by atoms with van der Waals surface area (Å²) in [5.74, 6) is -0.676. The Balaban J connectivity index is 0.00000208. The summed E-state index contributed by atoms with van der Waals surface area (Å²) in [5.41, 5.74) is 1.21. The van der Waals surface area contributed by atoms with E-state index in [1.54, 1.807) is 24.3 Å². The number of rotatable bonds is 5. The van der Waals surface area contributed by atoms with Gasteiger partial charge >= 0.3 is 35.5 Å². The second-order valence-electron chi connectivity index (χ2n) is 4.72. The van der Waals surface area contributed by atoms with Gasteiger partial charge in [-0.3, -0.25) is 4.79 Å². The molecule has 0 aliphatic carbocycles. The topological polar surface area (TPSA) is 52.3 Å². The molecule has 2 heterocycles.